The SMILES string of the molecule is COc1c(C(=O)O)c(-c2cc3ccccc3s2)c2ccccc2c1Br. The van der Waals surface area contributed by atoms with Crippen molar-refractivity contribution in [3.8, 4) is 16.2 Å². The van der Waals surface area contributed by atoms with Gasteiger partial charge in [0.05, 0.1) is 11.6 Å². The van der Waals surface area contributed by atoms with Gasteiger partial charge in [0.2, 0.25) is 0 Å². The number of fused-ring (bicyclic) bond motifs is 2. The van der Waals surface area contributed by atoms with E-state index in [1.54, 1.807) is 11.3 Å². The summed E-state index contributed by atoms with van der Waals surface area (Å²) in [6.45, 7) is 0. The molecule has 0 aliphatic carbocycles. The fraction of sp³-hybridized carbons (Fsp3) is 0.0500. The van der Waals surface area contributed by atoms with Crippen LogP contribution in [0.1, 0.15) is 10.4 Å². The second-order valence-electron chi connectivity index (χ2n) is 5.60. The molecule has 0 saturated carbocycles. The van der Waals surface area contributed by atoms with Crippen LogP contribution in [0, 0.1) is 0 Å². The minimum absolute atomic E-state index is 0.180. The van der Waals surface area contributed by atoms with E-state index in [-0.39, 0.29) is 5.56 Å². The van der Waals surface area contributed by atoms with Gasteiger partial charge in [0, 0.05) is 20.5 Å². The van der Waals surface area contributed by atoms with Crippen molar-refractivity contribution in [2.75, 3.05) is 7.11 Å². The van der Waals surface area contributed by atoms with Crippen LogP contribution < -0.4 is 4.74 Å². The minimum atomic E-state index is -1.00. The summed E-state index contributed by atoms with van der Waals surface area (Å²) in [6.07, 6.45) is 0. The lowest BCUT2D eigenvalue weighted by molar-refractivity contribution is 0.0694. The van der Waals surface area contributed by atoms with E-state index in [1.807, 2.05) is 54.6 Å². The Labute approximate surface area is 156 Å². The lowest BCUT2D eigenvalue weighted by Crippen LogP contribution is -2.04. The third-order valence-corrected chi connectivity index (χ3v) is 6.12. The predicted octanol–water partition coefficient (Wildman–Crippen LogP) is 6.19. The van der Waals surface area contributed by atoms with Gasteiger partial charge in [-0.1, -0.05) is 42.5 Å². The molecule has 1 N–H and O–H groups in total. The first kappa shape index (κ1) is 16.1. The topological polar surface area (TPSA) is 46.5 Å². The first-order valence-corrected chi connectivity index (χ1v) is 9.23. The van der Waals surface area contributed by atoms with E-state index in [4.69, 9.17) is 4.74 Å². The number of ether oxygens (including phenoxy) is 1. The standard InChI is InChI=1S/C20H13BrO3S/c1-24-19-17(20(22)23)16(12-7-3-4-8-13(12)18(19)21)15-10-11-6-2-5-9-14(11)25-15/h2-10H,1H3,(H,22,23). The van der Waals surface area contributed by atoms with E-state index in [0.29, 0.717) is 15.8 Å². The van der Waals surface area contributed by atoms with Crippen molar-refractivity contribution >= 4 is 54.1 Å². The summed E-state index contributed by atoms with van der Waals surface area (Å²) < 4.78 is 7.24. The monoisotopic (exact) mass is 412 g/mol. The molecule has 4 aromatic rings. The number of thiophene rings is 1. The number of hydrogen-bond acceptors (Lipinski definition) is 3. The first-order chi connectivity index (χ1) is 12.1. The third-order valence-electron chi connectivity index (χ3n) is 4.20. The highest BCUT2D eigenvalue weighted by molar-refractivity contribution is 9.10. The van der Waals surface area contributed by atoms with Gasteiger partial charge in [-0.2, -0.15) is 0 Å². The van der Waals surface area contributed by atoms with Crippen LogP contribution in [0.2, 0.25) is 0 Å². The fourth-order valence-corrected chi connectivity index (χ4v) is 4.96. The molecule has 0 atom stereocenters. The average Bonchev–Trinajstić information content (AvgIpc) is 3.05. The summed E-state index contributed by atoms with van der Waals surface area (Å²) in [5.41, 5.74) is 0.879. The van der Waals surface area contributed by atoms with Crippen LogP contribution in [0.4, 0.5) is 0 Å². The van der Waals surface area contributed by atoms with Gasteiger partial charge in [0.25, 0.3) is 0 Å². The van der Waals surface area contributed by atoms with Crippen molar-refractivity contribution in [3.05, 3.63) is 64.6 Å². The third kappa shape index (κ3) is 2.51. The lowest BCUT2D eigenvalue weighted by Gasteiger charge is -2.16. The maximum atomic E-state index is 12.1. The molecule has 3 aromatic carbocycles. The number of rotatable bonds is 3. The summed E-state index contributed by atoms with van der Waals surface area (Å²) in [5, 5.41) is 12.8. The molecule has 0 radical (unpaired) electrons. The van der Waals surface area contributed by atoms with E-state index in [0.717, 1.165) is 25.7 Å². The van der Waals surface area contributed by atoms with Crippen molar-refractivity contribution in [3.63, 3.8) is 0 Å². The second-order valence-corrected chi connectivity index (χ2v) is 7.47. The van der Waals surface area contributed by atoms with Crippen molar-refractivity contribution in [1.29, 1.82) is 0 Å². The van der Waals surface area contributed by atoms with Crippen molar-refractivity contribution in [1.82, 2.24) is 0 Å². The lowest BCUT2D eigenvalue weighted by atomic mass is 9.96. The van der Waals surface area contributed by atoms with Crippen LogP contribution in [0.15, 0.2) is 59.1 Å². The molecule has 25 heavy (non-hydrogen) atoms. The van der Waals surface area contributed by atoms with Gasteiger partial charge in [0.15, 0.2) is 0 Å². The molecule has 0 amide bonds. The Morgan fingerprint density at radius 1 is 1.08 bits per heavy atom. The number of carbonyl (C=O) groups is 1. The van der Waals surface area contributed by atoms with Crippen molar-refractivity contribution < 1.29 is 14.6 Å². The summed E-state index contributed by atoms with van der Waals surface area (Å²) in [6, 6.07) is 17.9. The Bertz CT molecular complexity index is 1100. The molecule has 124 valence electrons. The van der Waals surface area contributed by atoms with E-state index < -0.39 is 5.97 Å². The number of carboxylic acid groups (broad SMARTS) is 1. The quantitative estimate of drug-likeness (QED) is 0.436. The number of methoxy groups -OCH3 is 1. The van der Waals surface area contributed by atoms with E-state index in [2.05, 4.69) is 15.9 Å². The van der Waals surface area contributed by atoms with Gasteiger partial charge < -0.3 is 9.84 Å². The molecule has 0 unspecified atom stereocenters. The van der Waals surface area contributed by atoms with Gasteiger partial charge in [-0.3, -0.25) is 0 Å². The Kier molecular flexibility index (Phi) is 3.98. The van der Waals surface area contributed by atoms with Crippen molar-refractivity contribution in [2.45, 2.75) is 0 Å². The van der Waals surface area contributed by atoms with E-state index in [9.17, 15) is 9.90 Å². The van der Waals surface area contributed by atoms with Crippen LogP contribution in [0.25, 0.3) is 31.3 Å². The minimum Gasteiger partial charge on any atom is -0.495 e. The molecule has 0 spiro atoms. The zero-order valence-corrected chi connectivity index (χ0v) is 15.6. The highest BCUT2D eigenvalue weighted by Gasteiger charge is 2.25. The first-order valence-electron chi connectivity index (χ1n) is 7.62. The largest absolute Gasteiger partial charge is 0.495 e. The molecule has 0 saturated heterocycles. The Hall–Kier alpha value is -2.37. The molecule has 1 heterocycles. The predicted molar refractivity (Wildman–Crippen MR) is 106 cm³/mol. The van der Waals surface area contributed by atoms with Crippen LogP contribution in [0.3, 0.4) is 0 Å². The van der Waals surface area contributed by atoms with E-state index >= 15 is 0 Å². The number of hydrogen-bond donors (Lipinski definition) is 1. The van der Waals surface area contributed by atoms with Gasteiger partial charge in [-0.05, 0) is 38.8 Å². The Morgan fingerprint density at radius 2 is 1.76 bits per heavy atom. The molecule has 4 rings (SSSR count). The maximum Gasteiger partial charge on any atom is 0.340 e. The molecule has 1 aromatic heterocycles. The summed E-state index contributed by atoms with van der Waals surface area (Å²) in [5.74, 6) is -0.658. The van der Waals surface area contributed by atoms with Gasteiger partial charge in [-0.25, -0.2) is 4.79 Å². The molecule has 5 heteroatoms. The molecule has 3 nitrogen and oxygen atoms in total. The molecule has 0 bridgehead atoms. The number of benzene rings is 3. The van der Waals surface area contributed by atoms with Gasteiger partial charge in [0.1, 0.15) is 11.3 Å². The smallest absolute Gasteiger partial charge is 0.340 e. The number of carboxylic acids is 1. The van der Waals surface area contributed by atoms with Gasteiger partial charge >= 0.3 is 5.97 Å². The Morgan fingerprint density at radius 3 is 2.44 bits per heavy atom. The highest BCUT2D eigenvalue weighted by atomic mass is 79.9. The average molecular weight is 413 g/mol. The molecule has 0 aliphatic heterocycles. The van der Waals surface area contributed by atoms with Crippen LogP contribution >= 0.6 is 27.3 Å². The van der Waals surface area contributed by atoms with Crippen LogP contribution in [-0.4, -0.2) is 18.2 Å². The molecular formula is C20H13BrO3S. The van der Waals surface area contributed by atoms with Crippen LogP contribution in [0.5, 0.6) is 5.75 Å². The number of aromatic carboxylic acids is 1. The maximum absolute atomic E-state index is 12.1. The van der Waals surface area contributed by atoms with Crippen LogP contribution in [-0.2, 0) is 0 Å². The molecular weight excluding hydrogens is 400 g/mol. The summed E-state index contributed by atoms with van der Waals surface area (Å²) >= 11 is 5.11. The summed E-state index contributed by atoms with van der Waals surface area (Å²) in [7, 11) is 1.50. The second kappa shape index (κ2) is 6.17. The van der Waals surface area contributed by atoms with Gasteiger partial charge in [-0.15, -0.1) is 11.3 Å². The highest BCUT2D eigenvalue weighted by Crippen LogP contribution is 2.46. The molecule has 0 aliphatic rings. The number of halogens is 1. The molecule has 0 fully saturated rings. The zero-order chi connectivity index (χ0) is 17.6. The fourth-order valence-electron chi connectivity index (χ4n) is 3.13. The van der Waals surface area contributed by atoms with Crippen molar-refractivity contribution in [2.24, 2.45) is 0 Å². The Balaban J connectivity index is 2.19. The normalized spacial score (nSPS) is 11.1. The zero-order valence-electron chi connectivity index (χ0n) is 13.2. The van der Waals surface area contributed by atoms with E-state index in [1.165, 1.54) is 7.11 Å². The summed E-state index contributed by atoms with van der Waals surface area (Å²) in [4.78, 5) is 13.0.